The van der Waals surface area contributed by atoms with E-state index in [1.807, 2.05) is 20.0 Å². The van der Waals surface area contributed by atoms with E-state index < -0.39 is 0 Å². The van der Waals surface area contributed by atoms with E-state index in [1.54, 1.807) is 0 Å². The second-order valence-electron chi connectivity index (χ2n) is 9.45. The van der Waals surface area contributed by atoms with Gasteiger partial charge in [0.2, 0.25) is 5.91 Å². The Bertz CT molecular complexity index is 1110. The van der Waals surface area contributed by atoms with Gasteiger partial charge in [-0.25, -0.2) is 0 Å². The van der Waals surface area contributed by atoms with Gasteiger partial charge < -0.3 is 16.0 Å². The fraction of sp³-hybridized carbons (Fsp3) is 0.462. The quantitative estimate of drug-likeness (QED) is 0.599. The Morgan fingerprint density at radius 1 is 1.16 bits per heavy atom. The van der Waals surface area contributed by atoms with Gasteiger partial charge in [0.1, 0.15) is 0 Å². The molecule has 5 nitrogen and oxygen atoms in total. The van der Waals surface area contributed by atoms with Crippen molar-refractivity contribution in [2.75, 3.05) is 0 Å². The molecule has 1 saturated carbocycles. The van der Waals surface area contributed by atoms with E-state index in [0.29, 0.717) is 12.0 Å². The second-order valence-corrected chi connectivity index (χ2v) is 9.45. The number of aromatic nitrogens is 2. The molecule has 3 aromatic rings. The molecule has 5 heteroatoms. The molecule has 0 saturated heterocycles. The number of pyridine rings is 1. The smallest absolute Gasteiger partial charge is 0.224 e. The summed E-state index contributed by atoms with van der Waals surface area (Å²) in [7, 11) is 0. The molecule has 1 amide bonds. The van der Waals surface area contributed by atoms with Gasteiger partial charge in [-0.3, -0.25) is 9.78 Å². The molecule has 0 radical (unpaired) electrons. The number of hydrogen-bond acceptors (Lipinski definition) is 3. The molecule has 0 spiro atoms. The highest BCUT2D eigenvalue weighted by Crippen LogP contribution is 2.44. The molecule has 0 bridgehead atoms. The van der Waals surface area contributed by atoms with E-state index in [-0.39, 0.29) is 17.9 Å². The third kappa shape index (κ3) is 3.99. The molecule has 3 atom stereocenters. The lowest BCUT2D eigenvalue weighted by molar-refractivity contribution is -0.119. The van der Waals surface area contributed by atoms with Crippen LogP contribution in [0.2, 0.25) is 0 Å². The summed E-state index contributed by atoms with van der Waals surface area (Å²) in [6.07, 6.45) is 6.25. The van der Waals surface area contributed by atoms with Crippen molar-refractivity contribution < 1.29 is 4.79 Å². The summed E-state index contributed by atoms with van der Waals surface area (Å²) in [6, 6.07) is 11.3. The van der Waals surface area contributed by atoms with Crippen LogP contribution in [0.4, 0.5) is 0 Å². The van der Waals surface area contributed by atoms with Gasteiger partial charge in [0.15, 0.2) is 0 Å². The minimum Gasteiger partial charge on any atom is -0.369 e. The summed E-state index contributed by atoms with van der Waals surface area (Å²) in [5.74, 6) is -0.292. The fourth-order valence-corrected chi connectivity index (χ4v) is 5.18. The molecule has 0 aliphatic heterocycles. The van der Waals surface area contributed by atoms with Gasteiger partial charge >= 0.3 is 0 Å². The number of carbonyl (C=O) groups is 1. The first-order chi connectivity index (χ1) is 14.8. The molecule has 4 rings (SSSR count). The minimum absolute atomic E-state index is 0.236. The topological polar surface area (TPSA) is 86.9 Å². The minimum atomic E-state index is -0.317. The number of carbonyl (C=O) groups excluding carboxylic acids is 1. The van der Waals surface area contributed by atoms with E-state index in [2.05, 4.69) is 53.7 Å². The maximum atomic E-state index is 11.9. The van der Waals surface area contributed by atoms with Gasteiger partial charge in [0.05, 0.1) is 11.6 Å². The molecule has 2 heterocycles. The van der Waals surface area contributed by atoms with Crippen LogP contribution in [0.3, 0.4) is 0 Å². The van der Waals surface area contributed by atoms with Gasteiger partial charge in [0.25, 0.3) is 0 Å². The van der Waals surface area contributed by atoms with Crippen molar-refractivity contribution in [2.24, 2.45) is 11.5 Å². The molecule has 4 N–H and O–H groups in total. The van der Waals surface area contributed by atoms with E-state index in [9.17, 15) is 4.79 Å². The van der Waals surface area contributed by atoms with Crippen molar-refractivity contribution in [3.63, 3.8) is 0 Å². The number of benzene rings is 1. The number of amides is 1. The summed E-state index contributed by atoms with van der Waals surface area (Å²) in [5.41, 5.74) is 19.0. The molecule has 31 heavy (non-hydrogen) atoms. The van der Waals surface area contributed by atoms with Crippen molar-refractivity contribution in [1.29, 1.82) is 0 Å². The van der Waals surface area contributed by atoms with Crippen molar-refractivity contribution in [2.45, 2.75) is 77.3 Å². The predicted octanol–water partition coefficient (Wildman–Crippen LogP) is 5.17. The normalized spacial score (nSPS) is 20.3. The highest BCUT2D eigenvalue weighted by Gasteiger charge is 2.29. The highest BCUT2D eigenvalue weighted by atomic mass is 16.1. The lowest BCUT2D eigenvalue weighted by Gasteiger charge is -2.30. The van der Waals surface area contributed by atoms with Gasteiger partial charge in [-0.2, -0.15) is 0 Å². The largest absolute Gasteiger partial charge is 0.369 e. The van der Waals surface area contributed by atoms with Crippen LogP contribution in [-0.2, 0) is 4.79 Å². The van der Waals surface area contributed by atoms with Crippen molar-refractivity contribution >= 4 is 16.8 Å². The third-order valence-electron chi connectivity index (χ3n) is 6.79. The number of hydrogen-bond donors (Lipinski definition) is 2. The molecule has 1 aliphatic rings. The Morgan fingerprint density at radius 3 is 2.58 bits per heavy atom. The summed E-state index contributed by atoms with van der Waals surface area (Å²) in [6.45, 7) is 8.40. The molecule has 1 fully saturated rings. The first-order valence-electron chi connectivity index (χ1n) is 11.4. The van der Waals surface area contributed by atoms with Crippen LogP contribution in [0.15, 0.2) is 36.5 Å². The second kappa shape index (κ2) is 8.46. The van der Waals surface area contributed by atoms with E-state index in [4.69, 9.17) is 11.5 Å². The zero-order chi connectivity index (χ0) is 22.3. The van der Waals surface area contributed by atoms with Crippen LogP contribution >= 0.6 is 0 Å². The van der Waals surface area contributed by atoms with Crippen molar-refractivity contribution in [3.05, 3.63) is 53.3 Å². The first kappa shape index (κ1) is 21.6. The molecule has 1 aromatic carbocycles. The van der Waals surface area contributed by atoms with E-state index in [1.165, 1.54) is 27.7 Å². The predicted molar refractivity (Wildman–Crippen MR) is 127 cm³/mol. The summed E-state index contributed by atoms with van der Waals surface area (Å²) in [4.78, 5) is 16.3. The Balaban J connectivity index is 2.04. The number of nitrogens with zero attached hydrogens (tertiary/aromatic N) is 2. The van der Waals surface area contributed by atoms with Gasteiger partial charge in [-0.15, -0.1) is 0 Å². The number of fused-ring (bicyclic) bond motifs is 1. The maximum Gasteiger partial charge on any atom is 0.224 e. The third-order valence-corrected chi connectivity index (χ3v) is 6.79. The first-order valence-corrected chi connectivity index (χ1v) is 11.4. The Kier molecular flexibility index (Phi) is 5.89. The summed E-state index contributed by atoms with van der Waals surface area (Å²) >= 11 is 0. The van der Waals surface area contributed by atoms with Gasteiger partial charge in [-0.1, -0.05) is 19.9 Å². The van der Waals surface area contributed by atoms with Gasteiger partial charge in [-0.05, 0) is 80.8 Å². The van der Waals surface area contributed by atoms with Crippen LogP contribution in [-0.4, -0.2) is 21.5 Å². The fourth-order valence-electron chi connectivity index (χ4n) is 5.18. The number of primary amides is 1. The highest BCUT2D eigenvalue weighted by molar-refractivity contribution is 5.94. The molecule has 1 aliphatic carbocycles. The molecule has 2 aromatic heterocycles. The van der Waals surface area contributed by atoms with Crippen LogP contribution < -0.4 is 11.5 Å². The number of nitrogens with two attached hydrogens (primary N) is 2. The van der Waals surface area contributed by atoms with Gasteiger partial charge in [0, 0.05) is 40.4 Å². The Hall–Kier alpha value is -2.66. The lowest BCUT2D eigenvalue weighted by Crippen LogP contribution is -2.29. The summed E-state index contributed by atoms with van der Waals surface area (Å²) < 4.78 is 2.52. The van der Waals surface area contributed by atoms with E-state index in [0.717, 1.165) is 36.9 Å². The van der Waals surface area contributed by atoms with Crippen molar-refractivity contribution in [3.8, 4) is 11.3 Å². The molecule has 164 valence electrons. The van der Waals surface area contributed by atoms with Crippen LogP contribution in [0.25, 0.3) is 22.2 Å². The van der Waals surface area contributed by atoms with Crippen LogP contribution in [0.5, 0.6) is 0 Å². The standard InChI is InChI=1S/C26H34N4O/c1-15(2)24-22-13-18(17(4)26(28)31)8-9-23(22)30(21-7-5-6-20(27)14-21)25(24)19-10-11-29-16(3)12-19/h8-13,15,17,20-21H,5-7,14,27H2,1-4H3,(H2,28,31). The Labute approximate surface area is 184 Å². The zero-order valence-corrected chi connectivity index (χ0v) is 19.1. The van der Waals surface area contributed by atoms with E-state index >= 15 is 0 Å². The molecule has 3 unspecified atom stereocenters. The van der Waals surface area contributed by atoms with Crippen molar-refractivity contribution in [1.82, 2.24) is 9.55 Å². The summed E-state index contributed by atoms with van der Waals surface area (Å²) in [5, 5.41) is 1.21. The Morgan fingerprint density at radius 2 is 1.94 bits per heavy atom. The monoisotopic (exact) mass is 418 g/mol. The van der Waals surface area contributed by atoms with Crippen LogP contribution in [0, 0.1) is 6.92 Å². The number of rotatable bonds is 5. The molecular formula is C26H34N4O. The molecular weight excluding hydrogens is 384 g/mol. The lowest BCUT2D eigenvalue weighted by atomic mass is 9.90. The SMILES string of the molecule is Cc1cc(-c2c(C(C)C)c3cc(C(C)C(N)=O)ccc3n2C2CCCC(N)C2)ccn1. The average Bonchev–Trinajstić information content (AvgIpc) is 3.07. The zero-order valence-electron chi connectivity index (χ0n) is 19.1. The number of aryl methyl sites for hydroxylation is 1. The van der Waals surface area contributed by atoms with Crippen LogP contribution in [0.1, 0.15) is 81.2 Å². The average molecular weight is 419 g/mol. The maximum absolute atomic E-state index is 11.9.